The molecule has 38 valence electrons. The quantitative estimate of drug-likeness (QED) is 0.279. The van der Waals surface area contributed by atoms with Gasteiger partial charge < -0.3 is 0 Å². The van der Waals surface area contributed by atoms with Gasteiger partial charge in [0, 0.05) is 18.8 Å². The number of aldehydes is 1. The molecule has 0 N–H and O–H groups in total. The number of aliphatic imine (C=N–C) groups is 1. The van der Waals surface area contributed by atoms with Gasteiger partial charge in [0.15, 0.2) is 6.29 Å². The standard InChI is InChI=1S/C5H7NO/c1-5(4-7)3-6-2/h3-4H,1H2,2H3. The van der Waals surface area contributed by atoms with Crippen LogP contribution in [0.25, 0.3) is 0 Å². The van der Waals surface area contributed by atoms with E-state index in [1.807, 2.05) is 0 Å². The molecule has 0 bridgehead atoms. The minimum atomic E-state index is 0.405. The maximum atomic E-state index is 9.70. The molecule has 0 aromatic rings. The van der Waals surface area contributed by atoms with Crippen molar-refractivity contribution >= 4 is 12.5 Å². The molecule has 2 nitrogen and oxygen atoms in total. The molecule has 0 aromatic heterocycles. The Hall–Kier alpha value is -0.920. The first kappa shape index (κ1) is 6.08. The van der Waals surface area contributed by atoms with Crippen LogP contribution in [0.15, 0.2) is 17.1 Å². The summed E-state index contributed by atoms with van der Waals surface area (Å²) in [6, 6.07) is 0. The van der Waals surface area contributed by atoms with Crippen LogP contribution in [0.3, 0.4) is 0 Å². The highest BCUT2D eigenvalue weighted by Crippen LogP contribution is 1.72. The predicted octanol–water partition coefficient (Wildman–Crippen LogP) is 0.442. The van der Waals surface area contributed by atoms with Crippen molar-refractivity contribution in [1.29, 1.82) is 0 Å². The molecular formula is C5H7NO. The van der Waals surface area contributed by atoms with E-state index in [2.05, 4.69) is 11.6 Å². The van der Waals surface area contributed by atoms with Gasteiger partial charge in [-0.3, -0.25) is 9.79 Å². The van der Waals surface area contributed by atoms with Crippen molar-refractivity contribution in [2.45, 2.75) is 0 Å². The van der Waals surface area contributed by atoms with Gasteiger partial charge in [-0.25, -0.2) is 0 Å². The summed E-state index contributed by atoms with van der Waals surface area (Å²) in [5.41, 5.74) is 0.405. The van der Waals surface area contributed by atoms with Gasteiger partial charge in [0.2, 0.25) is 0 Å². The smallest absolute Gasteiger partial charge is 0.150 e. The van der Waals surface area contributed by atoms with Gasteiger partial charge in [0.05, 0.1) is 0 Å². The first-order valence-electron chi connectivity index (χ1n) is 1.87. The Bertz CT molecular complexity index is 105. The van der Waals surface area contributed by atoms with Gasteiger partial charge in [-0.2, -0.15) is 0 Å². The number of nitrogens with zero attached hydrogens (tertiary/aromatic N) is 1. The molecule has 0 fully saturated rings. The summed E-state index contributed by atoms with van der Waals surface area (Å²) >= 11 is 0. The van der Waals surface area contributed by atoms with Crippen LogP contribution in [0.2, 0.25) is 0 Å². The molecule has 0 unspecified atom stereocenters. The van der Waals surface area contributed by atoms with E-state index < -0.39 is 0 Å². The van der Waals surface area contributed by atoms with Crippen LogP contribution in [0.4, 0.5) is 0 Å². The van der Waals surface area contributed by atoms with E-state index in [4.69, 9.17) is 0 Å². The summed E-state index contributed by atoms with van der Waals surface area (Å²) < 4.78 is 0. The molecule has 0 spiro atoms. The summed E-state index contributed by atoms with van der Waals surface area (Å²) in [4.78, 5) is 13.3. The van der Waals surface area contributed by atoms with E-state index in [0.29, 0.717) is 11.9 Å². The average molecular weight is 97.1 g/mol. The molecule has 0 saturated heterocycles. The molecule has 7 heavy (non-hydrogen) atoms. The number of hydrogen-bond donors (Lipinski definition) is 0. The van der Waals surface area contributed by atoms with Gasteiger partial charge in [-0.15, -0.1) is 0 Å². The molecular weight excluding hydrogens is 90.1 g/mol. The molecule has 0 radical (unpaired) electrons. The van der Waals surface area contributed by atoms with Gasteiger partial charge in [0.1, 0.15) is 0 Å². The van der Waals surface area contributed by atoms with Crippen LogP contribution in [0, 0.1) is 0 Å². The highest BCUT2D eigenvalue weighted by molar-refractivity contribution is 6.00. The van der Waals surface area contributed by atoms with Gasteiger partial charge in [0.25, 0.3) is 0 Å². The molecule has 0 saturated carbocycles. The third-order valence-corrected chi connectivity index (χ3v) is 0.446. The molecule has 0 amide bonds. The summed E-state index contributed by atoms with van der Waals surface area (Å²) in [6.45, 7) is 3.35. The zero-order chi connectivity index (χ0) is 5.70. The number of carbonyl (C=O) groups is 1. The van der Waals surface area contributed by atoms with E-state index >= 15 is 0 Å². The maximum Gasteiger partial charge on any atom is 0.150 e. The summed E-state index contributed by atoms with van der Waals surface area (Å²) in [7, 11) is 1.59. The largest absolute Gasteiger partial charge is 0.298 e. The predicted molar refractivity (Wildman–Crippen MR) is 29.6 cm³/mol. The highest BCUT2D eigenvalue weighted by Gasteiger charge is 1.76. The fourth-order valence-corrected chi connectivity index (χ4v) is 0.196. The molecule has 0 rings (SSSR count). The van der Waals surface area contributed by atoms with E-state index in [1.54, 1.807) is 7.05 Å². The van der Waals surface area contributed by atoms with Crippen LogP contribution in [0.5, 0.6) is 0 Å². The van der Waals surface area contributed by atoms with Gasteiger partial charge in [-0.1, -0.05) is 6.58 Å². The minimum absolute atomic E-state index is 0.405. The fourth-order valence-electron chi connectivity index (χ4n) is 0.196. The monoisotopic (exact) mass is 97.1 g/mol. The third-order valence-electron chi connectivity index (χ3n) is 0.446. The van der Waals surface area contributed by atoms with Crippen LogP contribution in [-0.2, 0) is 4.79 Å². The lowest BCUT2D eigenvalue weighted by atomic mass is 10.4. The molecule has 0 aromatic carbocycles. The second-order valence-electron chi connectivity index (χ2n) is 1.08. The topological polar surface area (TPSA) is 29.4 Å². The van der Waals surface area contributed by atoms with Crippen LogP contribution >= 0.6 is 0 Å². The lowest BCUT2D eigenvalue weighted by Crippen LogP contribution is -1.80. The number of hydrogen-bond acceptors (Lipinski definition) is 2. The van der Waals surface area contributed by atoms with Crippen molar-refractivity contribution in [1.82, 2.24) is 0 Å². The Morgan fingerprint density at radius 1 is 1.86 bits per heavy atom. The maximum absolute atomic E-state index is 9.70. The van der Waals surface area contributed by atoms with Crippen LogP contribution < -0.4 is 0 Å². The third kappa shape index (κ3) is 2.89. The SMILES string of the molecule is C=C(C=O)C=NC. The first-order chi connectivity index (χ1) is 3.31. The zero-order valence-corrected chi connectivity index (χ0v) is 4.22. The number of rotatable bonds is 2. The van der Waals surface area contributed by atoms with Gasteiger partial charge in [-0.05, 0) is 0 Å². The van der Waals surface area contributed by atoms with Crippen LogP contribution in [-0.4, -0.2) is 19.5 Å². The lowest BCUT2D eigenvalue weighted by Gasteiger charge is -1.74. The Labute approximate surface area is 42.6 Å². The fraction of sp³-hybridized carbons (Fsp3) is 0.200. The molecule has 0 heterocycles. The lowest BCUT2D eigenvalue weighted by molar-refractivity contribution is -0.104. The van der Waals surface area contributed by atoms with E-state index in [-0.39, 0.29) is 0 Å². The summed E-state index contributed by atoms with van der Waals surface area (Å²) in [6.07, 6.45) is 2.07. The number of carbonyl (C=O) groups excluding carboxylic acids is 1. The Morgan fingerprint density at radius 3 is 2.57 bits per heavy atom. The second kappa shape index (κ2) is 3.28. The second-order valence-corrected chi connectivity index (χ2v) is 1.08. The zero-order valence-electron chi connectivity index (χ0n) is 4.22. The molecule has 0 aliphatic carbocycles. The van der Waals surface area contributed by atoms with Crippen molar-refractivity contribution in [2.24, 2.45) is 4.99 Å². The van der Waals surface area contributed by atoms with E-state index in [1.165, 1.54) is 6.21 Å². The summed E-state index contributed by atoms with van der Waals surface area (Å²) in [5, 5.41) is 0. The highest BCUT2D eigenvalue weighted by atomic mass is 16.1. The van der Waals surface area contributed by atoms with Crippen molar-refractivity contribution in [3.05, 3.63) is 12.2 Å². The van der Waals surface area contributed by atoms with Gasteiger partial charge >= 0.3 is 0 Å². The van der Waals surface area contributed by atoms with Crippen molar-refractivity contribution in [2.75, 3.05) is 7.05 Å². The molecule has 0 aliphatic rings. The number of allylic oxidation sites excluding steroid dienone is 1. The first-order valence-corrected chi connectivity index (χ1v) is 1.87. The van der Waals surface area contributed by atoms with E-state index in [9.17, 15) is 4.79 Å². The Balaban J connectivity index is 3.58. The van der Waals surface area contributed by atoms with Crippen molar-refractivity contribution in [3.63, 3.8) is 0 Å². The van der Waals surface area contributed by atoms with Crippen LogP contribution in [0.1, 0.15) is 0 Å². The molecule has 0 atom stereocenters. The van der Waals surface area contributed by atoms with Crippen molar-refractivity contribution < 1.29 is 4.79 Å². The van der Waals surface area contributed by atoms with E-state index in [0.717, 1.165) is 0 Å². The van der Waals surface area contributed by atoms with Crippen molar-refractivity contribution in [3.8, 4) is 0 Å². The minimum Gasteiger partial charge on any atom is -0.298 e. The molecule has 0 aliphatic heterocycles. The Kier molecular flexibility index (Phi) is 2.85. The Morgan fingerprint density at radius 2 is 2.43 bits per heavy atom. The molecule has 2 heteroatoms. The summed E-state index contributed by atoms with van der Waals surface area (Å²) in [5.74, 6) is 0. The average Bonchev–Trinajstić information content (AvgIpc) is 1.68. The normalized spacial score (nSPS) is 9.29.